The number of hydrogen-bond acceptors (Lipinski definition) is 4. The lowest BCUT2D eigenvalue weighted by Gasteiger charge is -2.05. The second kappa shape index (κ2) is 9.67. The largest absolute Gasteiger partial charge is 0.326 e. The van der Waals surface area contributed by atoms with Crippen LogP contribution in [0.5, 0.6) is 0 Å². The number of anilines is 1. The normalized spacial score (nSPS) is 11.0. The summed E-state index contributed by atoms with van der Waals surface area (Å²) < 4.78 is 1.87. The predicted octanol–water partition coefficient (Wildman–Crippen LogP) is 5.93. The Labute approximate surface area is 197 Å². The third-order valence-electron chi connectivity index (χ3n) is 5.44. The highest BCUT2D eigenvalue weighted by Crippen LogP contribution is 2.24. The average molecular weight is 465 g/mol. The molecule has 0 radical (unpaired) electrons. The first-order chi connectivity index (χ1) is 15.4. The summed E-state index contributed by atoms with van der Waals surface area (Å²) in [5.74, 6) is -0.0807. The van der Waals surface area contributed by atoms with Crippen LogP contribution < -0.4 is 5.32 Å². The molecule has 2 heterocycles. The van der Waals surface area contributed by atoms with Crippen molar-refractivity contribution in [2.24, 2.45) is 0 Å². The SMILES string of the molecule is CCc1ccc(NC(=O)Cc2csc(-n3nc(C)c(Cc4ccc(Cl)cc4)c3C)n2)cc1. The number of amides is 1. The van der Waals surface area contributed by atoms with Crippen LogP contribution in [-0.2, 0) is 24.1 Å². The molecule has 4 rings (SSSR count). The minimum Gasteiger partial charge on any atom is -0.326 e. The molecule has 7 heteroatoms. The van der Waals surface area contributed by atoms with Gasteiger partial charge < -0.3 is 5.32 Å². The second-order valence-electron chi connectivity index (χ2n) is 7.76. The van der Waals surface area contributed by atoms with E-state index in [-0.39, 0.29) is 12.3 Å². The molecule has 0 spiro atoms. The minimum atomic E-state index is -0.0807. The number of hydrogen-bond donors (Lipinski definition) is 1. The summed E-state index contributed by atoms with van der Waals surface area (Å²) in [5, 5.41) is 11.1. The van der Waals surface area contributed by atoms with Crippen LogP contribution in [0.2, 0.25) is 5.02 Å². The van der Waals surface area contributed by atoms with E-state index < -0.39 is 0 Å². The van der Waals surface area contributed by atoms with Crippen molar-refractivity contribution in [1.82, 2.24) is 14.8 Å². The Morgan fingerprint density at radius 3 is 2.44 bits per heavy atom. The Bertz CT molecular complexity index is 1230. The molecule has 0 aliphatic heterocycles. The number of halogens is 1. The van der Waals surface area contributed by atoms with Crippen LogP contribution in [0.4, 0.5) is 5.69 Å². The minimum absolute atomic E-state index is 0.0807. The van der Waals surface area contributed by atoms with Crippen LogP contribution in [0.15, 0.2) is 53.9 Å². The first-order valence-corrected chi connectivity index (χ1v) is 11.8. The Morgan fingerprint density at radius 2 is 1.75 bits per heavy atom. The third-order valence-corrected chi connectivity index (χ3v) is 6.56. The molecule has 164 valence electrons. The van der Waals surface area contributed by atoms with Crippen molar-refractivity contribution in [3.05, 3.63) is 92.7 Å². The van der Waals surface area contributed by atoms with E-state index >= 15 is 0 Å². The molecule has 0 atom stereocenters. The molecule has 1 N–H and O–H groups in total. The zero-order chi connectivity index (χ0) is 22.7. The Morgan fingerprint density at radius 1 is 1.06 bits per heavy atom. The fraction of sp³-hybridized carbons (Fsp3) is 0.240. The molecule has 2 aromatic carbocycles. The van der Waals surface area contributed by atoms with E-state index in [0.29, 0.717) is 0 Å². The number of benzene rings is 2. The van der Waals surface area contributed by atoms with Crippen molar-refractivity contribution >= 4 is 34.5 Å². The molecular weight excluding hydrogens is 440 g/mol. The van der Waals surface area contributed by atoms with E-state index in [1.807, 2.05) is 65.5 Å². The van der Waals surface area contributed by atoms with E-state index in [4.69, 9.17) is 16.7 Å². The van der Waals surface area contributed by atoms with Crippen molar-refractivity contribution in [2.45, 2.75) is 40.0 Å². The first-order valence-electron chi connectivity index (χ1n) is 10.6. The van der Waals surface area contributed by atoms with Gasteiger partial charge in [0.25, 0.3) is 0 Å². The molecule has 2 aromatic heterocycles. The molecule has 0 aliphatic carbocycles. The zero-order valence-electron chi connectivity index (χ0n) is 18.4. The fourth-order valence-corrected chi connectivity index (χ4v) is 4.54. The van der Waals surface area contributed by atoms with Crippen LogP contribution in [0.25, 0.3) is 5.13 Å². The molecule has 0 unspecified atom stereocenters. The predicted molar refractivity (Wildman–Crippen MR) is 131 cm³/mol. The van der Waals surface area contributed by atoms with Gasteiger partial charge in [0.15, 0.2) is 0 Å². The summed E-state index contributed by atoms with van der Waals surface area (Å²) in [4.78, 5) is 17.1. The molecule has 32 heavy (non-hydrogen) atoms. The molecular formula is C25H25ClN4OS. The van der Waals surface area contributed by atoms with Crippen LogP contribution >= 0.6 is 22.9 Å². The lowest BCUT2D eigenvalue weighted by Crippen LogP contribution is -2.14. The number of aryl methyl sites for hydroxylation is 2. The van der Waals surface area contributed by atoms with Gasteiger partial charge in [-0.15, -0.1) is 11.3 Å². The highest BCUT2D eigenvalue weighted by Gasteiger charge is 2.16. The van der Waals surface area contributed by atoms with Crippen LogP contribution in [-0.4, -0.2) is 20.7 Å². The second-order valence-corrected chi connectivity index (χ2v) is 9.03. The molecule has 5 nitrogen and oxygen atoms in total. The number of carbonyl (C=O) groups is 1. The fourth-order valence-electron chi connectivity index (χ4n) is 3.59. The van der Waals surface area contributed by atoms with Crippen LogP contribution in [0.1, 0.15) is 40.7 Å². The number of nitrogens with zero attached hydrogens (tertiary/aromatic N) is 3. The molecule has 0 fully saturated rings. The summed E-state index contributed by atoms with van der Waals surface area (Å²) in [6.07, 6.45) is 1.98. The number of nitrogens with one attached hydrogen (secondary N) is 1. The number of aromatic nitrogens is 3. The van der Waals surface area contributed by atoms with Gasteiger partial charge in [-0.1, -0.05) is 42.8 Å². The highest BCUT2D eigenvalue weighted by atomic mass is 35.5. The summed E-state index contributed by atoms with van der Waals surface area (Å²) in [6.45, 7) is 6.18. The van der Waals surface area contributed by atoms with Crippen LogP contribution in [0.3, 0.4) is 0 Å². The molecule has 0 bridgehead atoms. The average Bonchev–Trinajstić information content (AvgIpc) is 3.35. The first kappa shape index (κ1) is 22.2. The van der Waals surface area contributed by atoms with E-state index in [0.717, 1.165) is 45.8 Å². The maximum Gasteiger partial charge on any atom is 0.230 e. The summed E-state index contributed by atoms with van der Waals surface area (Å²) in [5.41, 5.74) is 7.17. The van der Waals surface area contributed by atoms with Crippen molar-refractivity contribution in [3.63, 3.8) is 0 Å². The van der Waals surface area contributed by atoms with Crippen LogP contribution in [0, 0.1) is 13.8 Å². The lowest BCUT2D eigenvalue weighted by atomic mass is 10.0. The highest BCUT2D eigenvalue weighted by molar-refractivity contribution is 7.12. The number of thiazole rings is 1. The van der Waals surface area contributed by atoms with Gasteiger partial charge in [0.1, 0.15) is 0 Å². The van der Waals surface area contributed by atoms with Crippen molar-refractivity contribution in [2.75, 3.05) is 5.32 Å². The van der Waals surface area contributed by atoms with Gasteiger partial charge in [-0.3, -0.25) is 4.79 Å². The summed E-state index contributed by atoms with van der Waals surface area (Å²) >= 11 is 7.50. The van der Waals surface area contributed by atoms with E-state index in [2.05, 4.69) is 24.1 Å². The van der Waals surface area contributed by atoms with Crippen molar-refractivity contribution in [1.29, 1.82) is 0 Å². The van der Waals surface area contributed by atoms with Gasteiger partial charge >= 0.3 is 0 Å². The van der Waals surface area contributed by atoms with Gasteiger partial charge in [-0.25, -0.2) is 9.67 Å². The van der Waals surface area contributed by atoms with Gasteiger partial charge in [0.05, 0.1) is 17.8 Å². The van der Waals surface area contributed by atoms with E-state index in [1.165, 1.54) is 28.0 Å². The van der Waals surface area contributed by atoms with Gasteiger partial charge in [0, 0.05) is 33.8 Å². The maximum atomic E-state index is 12.5. The Kier molecular flexibility index (Phi) is 6.72. The molecule has 1 amide bonds. The number of carbonyl (C=O) groups excluding carboxylic acids is 1. The summed E-state index contributed by atoms with van der Waals surface area (Å²) in [7, 11) is 0. The van der Waals surface area contributed by atoms with Gasteiger partial charge in [-0.05, 0) is 55.7 Å². The molecule has 0 saturated heterocycles. The molecule has 4 aromatic rings. The van der Waals surface area contributed by atoms with Gasteiger partial charge in [-0.2, -0.15) is 5.10 Å². The maximum absolute atomic E-state index is 12.5. The Hall–Kier alpha value is -2.96. The standard InChI is InChI=1S/C25H25ClN4OS/c1-4-18-7-11-21(12-8-18)27-24(31)14-22-15-32-25(28-22)30-17(3)23(16(2)29-30)13-19-5-9-20(26)10-6-19/h5-12,15H,4,13-14H2,1-3H3,(H,27,31). The van der Waals surface area contributed by atoms with Crippen molar-refractivity contribution < 1.29 is 4.79 Å². The molecule has 0 saturated carbocycles. The lowest BCUT2D eigenvalue weighted by molar-refractivity contribution is -0.115. The van der Waals surface area contributed by atoms with E-state index in [9.17, 15) is 4.79 Å². The summed E-state index contributed by atoms with van der Waals surface area (Å²) in [6, 6.07) is 15.8. The van der Waals surface area contributed by atoms with E-state index in [1.54, 1.807) is 0 Å². The third kappa shape index (κ3) is 5.09. The zero-order valence-corrected chi connectivity index (χ0v) is 19.9. The smallest absolute Gasteiger partial charge is 0.230 e. The Balaban J connectivity index is 1.45. The van der Waals surface area contributed by atoms with Crippen molar-refractivity contribution in [3.8, 4) is 5.13 Å². The van der Waals surface area contributed by atoms with Gasteiger partial charge in [0.2, 0.25) is 11.0 Å². The quantitative estimate of drug-likeness (QED) is 0.368. The topological polar surface area (TPSA) is 59.8 Å². The number of rotatable bonds is 7. The molecule has 0 aliphatic rings. The monoisotopic (exact) mass is 464 g/mol.